The van der Waals surface area contributed by atoms with E-state index in [4.69, 9.17) is 9.47 Å². The van der Waals surface area contributed by atoms with E-state index >= 15 is 0 Å². The van der Waals surface area contributed by atoms with Gasteiger partial charge in [-0.3, -0.25) is 19.5 Å². The molecule has 8 heteroatoms. The van der Waals surface area contributed by atoms with Crippen LogP contribution in [0.2, 0.25) is 0 Å². The zero-order valence-corrected chi connectivity index (χ0v) is 21.1. The largest absolute Gasteiger partial charge is 0.507 e. The summed E-state index contributed by atoms with van der Waals surface area (Å²) in [7, 11) is 0. The summed E-state index contributed by atoms with van der Waals surface area (Å²) >= 11 is 0. The van der Waals surface area contributed by atoms with E-state index < -0.39 is 17.7 Å². The molecule has 1 atom stereocenters. The van der Waals surface area contributed by atoms with Crippen LogP contribution in [0.3, 0.4) is 0 Å². The van der Waals surface area contributed by atoms with Crippen molar-refractivity contribution < 1.29 is 24.2 Å². The Bertz CT molecular complexity index is 1100. The van der Waals surface area contributed by atoms with Gasteiger partial charge in [-0.2, -0.15) is 0 Å². The smallest absolute Gasteiger partial charge is 0.295 e. The van der Waals surface area contributed by atoms with Gasteiger partial charge in [0.2, 0.25) is 0 Å². The molecule has 2 fully saturated rings. The lowest BCUT2D eigenvalue weighted by molar-refractivity contribution is -0.140. The predicted molar refractivity (Wildman–Crippen MR) is 137 cm³/mol. The van der Waals surface area contributed by atoms with Gasteiger partial charge in [0, 0.05) is 44.1 Å². The van der Waals surface area contributed by atoms with Gasteiger partial charge in [0.05, 0.1) is 31.4 Å². The Kier molecular flexibility index (Phi) is 8.72. The van der Waals surface area contributed by atoms with Gasteiger partial charge in [0.1, 0.15) is 11.5 Å². The summed E-state index contributed by atoms with van der Waals surface area (Å²) in [6, 6.07) is 8.30. The molecular weight excluding hydrogens is 458 g/mol. The zero-order valence-electron chi connectivity index (χ0n) is 21.1. The number of ether oxygens (including phenoxy) is 2. The number of rotatable bonds is 10. The molecule has 1 N–H and O–H groups in total. The summed E-state index contributed by atoms with van der Waals surface area (Å²) in [5.41, 5.74) is 2.08. The number of nitrogens with zero attached hydrogens (tertiary/aromatic N) is 3. The highest BCUT2D eigenvalue weighted by atomic mass is 16.5. The SMILES string of the molecule is CCCCOc1ccc(/C(O)=C2\C(=O)C(=O)N(CCCN3CCOCC3)[C@@H]2c2cccnc2)c(C)c1. The van der Waals surface area contributed by atoms with Crippen LogP contribution in [0.5, 0.6) is 5.75 Å². The van der Waals surface area contributed by atoms with Crippen molar-refractivity contribution in [1.29, 1.82) is 0 Å². The number of aryl methyl sites for hydroxylation is 1. The Morgan fingerprint density at radius 1 is 1.17 bits per heavy atom. The van der Waals surface area contributed by atoms with Crippen molar-refractivity contribution in [2.75, 3.05) is 46.0 Å². The van der Waals surface area contributed by atoms with Gasteiger partial charge < -0.3 is 19.5 Å². The van der Waals surface area contributed by atoms with Crippen molar-refractivity contribution in [3.63, 3.8) is 0 Å². The second kappa shape index (κ2) is 12.1. The van der Waals surface area contributed by atoms with Gasteiger partial charge >= 0.3 is 0 Å². The predicted octanol–water partition coefficient (Wildman–Crippen LogP) is 3.71. The van der Waals surface area contributed by atoms with Gasteiger partial charge in [-0.25, -0.2) is 0 Å². The first-order chi connectivity index (χ1) is 17.5. The Morgan fingerprint density at radius 3 is 2.67 bits per heavy atom. The zero-order chi connectivity index (χ0) is 25.5. The number of carbonyl (C=O) groups is 2. The maximum atomic E-state index is 13.3. The topological polar surface area (TPSA) is 92.2 Å². The van der Waals surface area contributed by atoms with Crippen LogP contribution < -0.4 is 4.74 Å². The average Bonchev–Trinajstić information content (AvgIpc) is 3.15. The van der Waals surface area contributed by atoms with Gasteiger partial charge in [0.25, 0.3) is 11.7 Å². The molecule has 36 heavy (non-hydrogen) atoms. The van der Waals surface area contributed by atoms with Crippen molar-refractivity contribution in [2.45, 2.75) is 39.2 Å². The number of likely N-dealkylation sites (tertiary alicyclic amines) is 1. The van der Waals surface area contributed by atoms with E-state index in [0.29, 0.717) is 49.7 Å². The summed E-state index contributed by atoms with van der Waals surface area (Å²) in [4.78, 5) is 34.5. The van der Waals surface area contributed by atoms with Crippen LogP contribution in [0.1, 0.15) is 48.9 Å². The number of hydrogen-bond acceptors (Lipinski definition) is 7. The van der Waals surface area contributed by atoms with Crippen molar-refractivity contribution >= 4 is 17.4 Å². The number of hydrogen-bond donors (Lipinski definition) is 1. The van der Waals surface area contributed by atoms with E-state index in [1.165, 1.54) is 0 Å². The fourth-order valence-electron chi connectivity index (χ4n) is 4.76. The van der Waals surface area contributed by atoms with Crippen molar-refractivity contribution in [2.24, 2.45) is 0 Å². The molecule has 1 aromatic heterocycles. The molecule has 0 radical (unpaired) electrons. The lowest BCUT2D eigenvalue weighted by atomic mass is 9.94. The lowest BCUT2D eigenvalue weighted by Crippen LogP contribution is -2.39. The third kappa shape index (κ3) is 5.77. The summed E-state index contributed by atoms with van der Waals surface area (Å²) < 4.78 is 11.2. The Labute approximate surface area is 212 Å². The van der Waals surface area contributed by atoms with Crippen LogP contribution in [0, 0.1) is 6.92 Å². The summed E-state index contributed by atoms with van der Waals surface area (Å²) in [6.45, 7) is 8.95. The number of unbranched alkanes of at least 4 members (excludes halogenated alkanes) is 1. The molecule has 0 saturated carbocycles. The van der Waals surface area contributed by atoms with Gasteiger partial charge in [-0.05, 0) is 55.2 Å². The Morgan fingerprint density at radius 2 is 1.97 bits per heavy atom. The standard InChI is InChI=1S/C28H35N3O5/c1-3-4-15-36-22-8-9-23(20(2)18-22)26(32)24-25(21-7-5-10-29-19-21)31(28(34)27(24)33)12-6-11-30-13-16-35-17-14-30/h5,7-10,18-19,25,32H,3-4,6,11-17H2,1-2H3/b26-24+/t25-/m1/s1. The number of amides is 1. The third-order valence-electron chi connectivity index (χ3n) is 6.74. The Hall–Kier alpha value is -3.23. The Balaban J connectivity index is 1.62. The van der Waals surface area contributed by atoms with Crippen LogP contribution in [0.25, 0.3) is 5.76 Å². The van der Waals surface area contributed by atoms with Crippen LogP contribution in [-0.2, 0) is 14.3 Å². The van der Waals surface area contributed by atoms with E-state index in [0.717, 1.165) is 38.0 Å². The first-order valence-corrected chi connectivity index (χ1v) is 12.7. The molecule has 2 aliphatic rings. The highest BCUT2D eigenvalue weighted by Crippen LogP contribution is 2.40. The second-order valence-corrected chi connectivity index (χ2v) is 9.27. The maximum absolute atomic E-state index is 13.3. The van der Waals surface area contributed by atoms with Crippen LogP contribution in [0.15, 0.2) is 48.3 Å². The van der Waals surface area contributed by atoms with E-state index in [2.05, 4.69) is 16.8 Å². The molecular formula is C28H35N3O5. The van der Waals surface area contributed by atoms with E-state index in [1.807, 2.05) is 19.1 Å². The number of ketones is 1. The quantitative estimate of drug-likeness (QED) is 0.233. The molecule has 0 bridgehead atoms. The third-order valence-corrected chi connectivity index (χ3v) is 6.74. The number of aromatic nitrogens is 1. The maximum Gasteiger partial charge on any atom is 0.295 e. The van der Waals surface area contributed by atoms with Gasteiger partial charge in [0.15, 0.2) is 0 Å². The molecule has 3 heterocycles. The van der Waals surface area contributed by atoms with E-state index in [1.54, 1.807) is 35.5 Å². The number of aliphatic hydroxyl groups is 1. The molecule has 2 saturated heterocycles. The number of pyridine rings is 1. The summed E-state index contributed by atoms with van der Waals surface area (Å²) in [6.07, 6.45) is 6.01. The van der Waals surface area contributed by atoms with Crippen molar-refractivity contribution in [1.82, 2.24) is 14.8 Å². The van der Waals surface area contributed by atoms with Crippen LogP contribution >= 0.6 is 0 Å². The number of aliphatic hydroxyl groups excluding tert-OH is 1. The molecule has 0 unspecified atom stereocenters. The van der Waals surface area contributed by atoms with Crippen molar-refractivity contribution in [3.05, 3.63) is 65.0 Å². The average molecular weight is 494 g/mol. The lowest BCUT2D eigenvalue weighted by Gasteiger charge is -2.29. The van der Waals surface area contributed by atoms with Crippen LogP contribution in [-0.4, -0.2) is 77.6 Å². The number of Topliss-reactive ketones (excluding diaryl/α,β-unsaturated/α-hetero) is 1. The second-order valence-electron chi connectivity index (χ2n) is 9.27. The molecule has 2 aliphatic heterocycles. The molecule has 8 nitrogen and oxygen atoms in total. The highest BCUT2D eigenvalue weighted by Gasteiger charge is 2.46. The first-order valence-electron chi connectivity index (χ1n) is 12.7. The minimum atomic E-state index is -0.691. The molecule has 0 aliphatic carbocycles. The minimum absolute atomic E-state index is 0.0992. The van der Waals surface area contributed by atoms with E-state index in [-0.39, 0.29) is 11.3 Å². The summed E-state index contributed by atoms with van der Waals surface area (Å²) in [5.74, 6) is -0.722. The fraction of sp³-hybridized carbons (Fsp3) is 0.464. The normalized spacial score (nSPS) is 20.2. The molecule has 1 aromatic carbocycles. The number of benzene rings is 1. The fourth-order valence-corrected chi connectivity index (χ4v) is 4.76. The minimum Gasteiger partial charge on any atom is -0.507 e. The molecule has 2 aromatic rings. The molecule has 192 valence electrons. The number of carbonyl (C=O) groups excluding carboxylic acids is 2. The highest BCUT2D eigenvalue weighted by molar-refractivity contribution is 6.46. The number of morpholine rings is 1. The molecule has 1 amide bonds. The monoisotopic (exact) mass is 493 g/mol. The van der Waals surface area contributed by atoms with E-state index in [9.17, 15) is 14.7 Å². The van der Waals surface area contributed by atoms with Gasteiger partial charge in [-0.1, -0.05) is 19.4 Å². The first kappa shape index (κ1) is 25.9. The molecule has 0 spiro atoms. The van der Waals surface area contributed by atoms with Gasteiger partial charge in [-0.15, -0.1) is 0 Å². The summed E-state index contributed by atoms with van der Waals surface area (Å²) in [5, 5.41) is 11.4. The molecule has 4 rings (SSSR count). The van der Waals surface area contributed by atoms with Crippen LogP contribution in [0.4, 0.5) is 0 Å². The van der Waals surface area contributed by atoms with Crippen molar-refractivity contribution in [3.8, 4) is 5.75 Å².